The zero-order valence-electron chi connectivity index (χ0n) is 10.6. The van der Waals surface area contributed by atoms with Gasteiger partial charge in [0.15, 0.2) is 0 Å². The Morgan fingerprint density at radius 1 is 1.44 bits per heavy atom. The summed E-state index contributed by atoms with van der Waals surface area (Å²) >= 11 is 3.41. The van der Waals surface area contributed by atoms with Crippen molar-refractivity contribution in [3.05, 3.63) is 34.3 Å². The first-order chi connectivity index (χ1) is 8.66. The Bertz CT molecular complexity index is 399. The first kappa shape index (κ1) is 13.6. The van der Waals surface area contributed by atoms with E-state index in [4.69, 9.17) is 0 Å². The highest BCUT2D eigenvalue weighted by molar-refractivity contribution is 9.10. The summed E-state index contributed by atoms with van der Waals surface area (Å²) in [5, 5.41) is 6.36. The van der Waals surface area contributed by atoms with Crippen LogP contribution in [0, 0.1) is 5.92 Å². The lowest BCUT2D eigenvalue weighted by molar-refractivity contribution is -0.126. The van der Waals surface area contributed by atoms with Crippen LogP contribution in [0.25, 0.3) is 0 Å². The molecule has 1 fully saturated rings. The average molecular weight is 311 g/mol. The number of benzene rings is 1. The first-order valence-corrected chi connectivity index (χ1v) is 7.22. The molecule has 4 heteroatoms. The Balaban J connectivity index is 1.91. The zero-order chi connectivity index (χ0) is 13.0. The second-order valence-electron chi connectivity index (χ2n) is 4.83. The van der Waals surface area contributed by atoms with E-state index in [0.717, 1.165) is 36.0 Å². The van der Waals surface area contributed by atoms with Gasteiger partial charge in [0.25, 0.3) is 0 Å². The Kier molecular flexibility index (Phi) is 4.78. The molecule has 0 aromatic heterocycles. The predicted molar refractivity (Wildman–Crippen MR) is 76.3 cm³/mol. The first-order valence-electron chi connectivity index (χ1n) is 6.43. The fourth-order valence-electron chi connectivity index (χ4n) is 2.24. The van der Waals surface area contributed by atoms with Gasteiger partial charge in [0.05, 0.1) is 12.0 Å². The maximum absolute atomic E-state index is 12.1. The number of hydrogen-bond donors (Lipinski definition) is 2. The van der Waals surface area contributed by atoms with Gasteiger partial charge in [-0.25, -0.2) is 0 Å². The van der Waals surface area contributed by atoms with Crippen molar-refractivity contribution in [2.45, 2.75) is 25.8 Å². The van der Waals surface area contributed by atoms with Crippen molar-refractivity contribution in [1.82, 2.24) is 10.6 Å². The van der Waals surface area contributed by atoms with Gasteiger partial charge in [-0.3, -0.25) is 4.79 Å². The molecule has 0 saturated carbocycles. The van der Waals surface area contributed by atoms with Crippen molar-refractivity contribution < 1.29 is 4.79 Å². The number of amides is 1. The molecular formula is C14H19BrN2O. The van der Waals surface area contributed by atoms with E-state index in [2.05, 4.69) is 26.6 Å². The minimum atomic E-state index is 0.0625. The van der Waals surface area contributed by atoms with Crippen LogP contribution in [0.1, 0.15) is 31.4 Å². The van der Waals surface area contributed by atoms with Crippen LogP contribution in [-0.2, 0) is 4.79 Å². The van der Waals surface area contributed by atoms with Crippen molar-refractivity contribution in [2.75, 3.05) is 13.1 Å². The van der Waals surface area contributed by atoms with Gasteiger partial charge in [-0.15, -0.1) is 0 Å². The highest BCUT2D eigenvalue weighted by Gasteiger charge is 2.22. The van der Waals surface area contributed by atoms with Crippen molar-refractivity contribution in [1.29, 1.82) is 0 Å². The lowest BCUT2D eigenvalue weighted by atomic mass is 9.98. The number of halogens is 1. The van der Waals surface area contributed by atoms with Crippen LogP contribution in [-0.4, -0.2) is 19.0 Å². The van der Waals surface area contributed by atoms with Crippen LogP contribution in [0.4, 0.5) is 0 Å². The van der Waals surface area contributed by atoms with Gasteiger partial charge in [0.1, 0.15) is 0 Å². The third kappa shape index (κ3) is 3.56. The number of piperidine rings is 1. The number of rotatable bonds is 3. The van der Waals surface area contributed by atoms with Crippen LogP contribution in [0.5, 0.6) is 0 Å². The van der Waals surface area contributed by atoms with E-state index in [0.29, 0.717) is 0 Å². The van der Waals surface area contributed by atoms with E-state index in [1.165, 1.54) is 0 Å². The van der Waals surface area contributed by atoms with Gasteiger partial charge < -0.3 is 10.6 Å². The summed E-state index contributed by atoms with van der Waals surface area (Å²) in [6.07, 6.45) is 2.08. The molecular weight excluding hydrogens is 292 g/mol. The Morgan fingerprint density at radius 3 is 2.78 bits per heavy atom. The molecule has 1 amide bonds. The number of hydrogen-bond acceptors (Lipinski definition) is 2. The molecule has 18 heavy (non-hydrogen) atoms. The van der Waals surface area contributed by atoms with Gasteiger partial charge in [-0.2, -0.15) is 0 Å². The summed E-state index contributed by atoms with van der Waals surface area (Å²) in [6, 6.07) is 8.13. The van der Waals surface area contributed by atoms with Gasteiger partial charge in [-0.05, 0) is 44.0 Å². The van der Waals surface area contributed by atoms with Crippen molar-refractivity contribution in [3.8, 4) is 0 Å². The normalized spacial score (nSPS) is 21.3. The largest absolute Gasteiger partial charge is 0.349 e. The van der Waals surface area contributed by atoms with Crippen molar-refractivity contribution in [2.24, 2.45) is 5.92 Å². The fourth-order valence-corrected chi connectivity index (χ4v) is 2.51. The van der Waals surface area contributed by atoms with Gasteiger partial charge >= 0.3 is 0 Å². The molecule has 3 nitrogen and oxygen atoms in total. The highest BCUT2D eigenvalue weighted by atomic mass is 79.9. The quantitative estimate of drug-likeness (QED) is 0.901. The molecule has 0 aliphatic carbocycles. The molecule has 0 spiro atoms. The minimum absolute atomic E-state index is 0.0625. The van der Waals surface area contributed by atoms with E-state index in [9.17, 15) is 4.79 Å². The number of carbonyl (C=O) groups excluding carboxylic acids is 1. The second-order valence-corrected chi connectivity index (χ2v) is 5.74. The zero-order valence-corrected chi connectivity index (χ0v) is 12.2. The molecule has 2 N–H and O–H groups in total. The molecule has 0 bridgehead atoms. The maximum Gasteiger partial charge on any atom is 0.224 e. The molecule has 2 atom stereocenters. The number of carbonyl (C=O) groups is 1. The number of nitrogens with one attached hydrogen (secondary N) is 2. The molecule has 0 radical (unpaired) electrons. The van der Waals surface area contributed by atoms with Crippen LogP contribution < -0.4 is 10.6 Å². The third-order valence-electron chi connectivity index (χ3n) is 3.40. The fraction of sp³-hybridized carbons (Fsp3) is 0.500. The van der Waals surface area contributed by atoms with E-state index in [-0.39, 0.29) is 17.9 Å². The molecule has 1 aliphatic rings. The Labute approximate surface area is 116 Å². The van der Waals surface area contributed by atoms with E-state index in [1.54, 1.807) is 0 Å². The molecule has 1 aromatic carbocycles. The van der Waals surface area contributed by atoms with Crippen molar-refractivity contribution in [3.63, 3.8) is 0 Å². The lowest BCUT2D eigenvalue weighted by Gasteiger charge is -2.24. The molecule has 1 saturated heterocycles. The van der Waals surface area contributed by atoms with Gasteiger partial charge in [0.2, 0.25) is 5.91 Å². The van der Waals surface area contributed by atoms with E-state index < -0.39 is 0 Å². The molecule has 2 rings (SSSR count). The summed E-state index contributed by atoms with van der Waals surface area (Å²) in [6.45, 7) is 3.86. The topological polar surface area (TPSA) is 41.1 Å². The molecule has 0 unspecified atom stereocenters. The lowest BCUT2D eigenvalue weighted by Crippen LogP contribution is -2.41. The molecule has 1 aliphatic heterocycles. The third-order valence-corrected chi connectivity index (χ3v) is 3.93. The predicted octanol–water partition coefficient (Wildman–Crippen LogP) is 2.63. The molecule has 1 aromatic rings. The molecule has 1 heterocycles. The van der Waals surface area contributed by atoms with Gasteiger partial charge in [0, 0.05) is 11.0 Å². The van der Waals surface area contributed by atoms with Crippen LogP contribution in [0.2, 0.25) is 0 Å². The average Bonchev–Trinajstić information content (AvgIpc) is 2.40. The Morgan fingerprint density at radius 2 is 2.17 bits per heavy atom. The summed E-state index contributed by atoms with van der Waals surface area (Å²) in [5.74, 6) is 0.286. The van der Waals surface area contributed by atoms with Crippen molar-refractivity contribution >= 4 is 21.8 Å². The molecule has 98 valence electrons. The van der Waals surface area contributed by atoms with Crippen LogP contribution in [0.3, 0.4) is 0 Å². The second kappa shape index (κ2) is 6.34. The smallest absolute Gasteiger partial charge is 0.224 e. The van der Waals surface area contributed by atoms with E-state index in [1.807, 2.05) is 31.2 Å². The summed E-state index contributed by atoms with van der Waals surface area (Å²) in [5.41, 5.74) is 1.13. The maximum atomic E-state index is 12.1. The monoisotopic (exact) mass is 310 g/mol. The summed E-state index contributed by atoms with van der Waals surface area (Å²) in [4.78, 5) is 12.1. The summed E-state index contributed by atoms with van der Waals surface area (Å²) < 4.78 is 1.06. The highest BCUT2D eigenvalue weighted by Crippen LogP contribution is 2.18. The van der Waals surface area contributed by atoms with Gasteiger partial charge in [-0.1, -0.05) is 28.1 Å². The summed E-state index contributed by atoms with van der Waals surface area (Å²) in [7, 11) is 0. The van der Waals surface area contributed by atoms with Crippen LogP contribution >= 0.6 is 15.9 Å². The SMILES string of the molecule is C[C@@H](NC(=O)[C@@H]1CCCNC1)c1ccc(Br)cc1. The minimum Gasteiger partial charge on any atom is -0.349 e. The van der Waals surface area contributed by atoms with E-state index >= 15 is 0 Å². The van der Waals surface area contributed by atoms with Crippen LogP contribution in [0.15, 0.2) is 28.7 Å². The standard InChI is InChI=1S/C14H19BrN2O/c1-10(11-4-6-13(15)7-5-11)17-14(18)12-3-2-8-16-9-12/h4-7,10,12,16H,2-3,8-9H2,1H3,(H,17,18)/t10-,12-/m1/s1. The Hall–Kier alpha value is -0.870.